The van der Waals surface area contributed by atoms with E-state index in [0.29, 0.717) is 47.0 Å². The van der Waals surface area contributed by atoms with Crippen LogP contribution >= 0.6 is 11.6 Å². The van der Waals surface area contributed by atoms with Crippen molar-refractivity contribution in [1.29, 1.82) is 0 Å². The lowest BCUT2D eigenvalue weighted by Crippen LogP contribution is -2.41. The summed E-state index contributed by atoms with van der Waals surface area (Å²) >= 11 is 6.15. The largest absolute Gasteiger partial charge is 0.495 e. The minimum absolute atomic E-state index is 0.245. The summed E-state index contributed by atoms with van der Waals surface area (Å²) in [5.74, 6) is 0.936. The molecule has 180 valence electrons. The molecule has 1 saturated heterocycles. The molecule has 4 rings (SSSR count). The van der Waals surface area contributed by atoms with E-state index in [1.165, 1.54) is 6.20 Å². The first-order chi connectivity index (χ1) is 16.1. The molecule has 2 aromatic heterocycles. The van der Waals surface area contributed by atoms with Crippen LogP contribution in [0.5, 0.6) is 5.75 Å². The van der Waals surface area contributed by atoms with Gasteiger partial charge in [-0.1, -0.05) is 17.7 Å². The van der Waals surface area contributed by atoms with Crippen LogP contribution < -0.4 is 15.6 Å². The molecule has 2 N–H and O–H groups in total. The van der Waals surface area contributed by atoms with Gasteiger partial charge in [0.05, 0.1) is 35.6 Å². The molecule has 0 spiro atoms. The molecule has 10 heteroatoms. The summed E-state index contributed by atoms with van der Waals surface area (Å²) in [4.78, 5) is 30.6. The van der Waals surface area contributed by atoms with E-state index in [-0.39, 0.29) is 16.8 Å². The standard InChI is InChI=1S/C24H28ClN5O4/c1-24(2,3)34-23(32)30-9-7-14(8-10-30)15-5-6-16(19(11-15)33-4)27-17-12-20(25)28-18-13-26-29-22(31)21(17)18/h5-6,11-14H,7-10H2,1-4H3,(H,27,28)(H,29,31). The molecule has 1 fully saturated rings. The second-order valence-electron chi connectivity index (χ2n) is 9.28. The van der Waals surface area contributed by atoms with Crippen molar-refractivity contribution in [3.63, 3.8) is 0 Å². The maximum Gasteiger partial charge on any atom is 0.410 e. The highest BCUT2D eigenvalue weighted by atomic mass is 35.5. The number of fused-ring (bicyclic) bond motifs is 1. The molecule has 3 aromatic rings. The van der Waals surface area contributed by atoms with Gasteiger partial charge in [-0.05, 0) is 63.3 Å². The first-order valence-corrected chi connectivity index (χ1v) is 11.5. The Morgan fingerprint density at radius 3 is 2.62 bits per heavy atom. The predicted molar refractivity (Wildman–Crippen MR) is 131 cm³/mol. The Morgan fingerprint density at radius 1 is 1.21 bits per heavy atom. The highest BCUT2D eigenvalue weighted by Crippen LogP contribution is 2.36. The van der Waals surface area contributed by atoms with Crippen LogP contribution in [0.25, 0.3) is 10.9 Å². The summed E-state index contributed by atoms with van der Waals surface area (Å²) in [5.41, 5.74) is 1.86. The number of nitrogens with zero attached hydrogens (tertiary/aromatic N) is 3. The topological polar surface area (TPSA) is 109 Å². The summed E-state index contributed by atoms with van der Waals surface area (Å²) < 4.78 is 11.1. The molecule has 1 aliphatic heterocycles. The fraction of sp³-hybridized carbons (Fsp3) is 0.417. The number of ether oxygens (including phenoxy) is 2. The van der Waals surface area contributed by atoms with E-state index in [1.807, 2.05) is 39.0 Å². The molecule has 34 heavy (non-hydrogen) atoms. The zero-order valence-corrected chi connectivity index (χ0v) is 20.4. The average molecular weight is 486 g/mol. The number of methoxy groups -OCH3 is 1. The molecule has 0 radical (unpaired) electrons. The van der Waals surface area contributed by atoms with Crippen LogP contribution in [0.3, 0.4) is 0 Å². The summed E-state index contributed by atoms with van der Waals surface area (Å²) in [6.45, 7) is 6.89. The molecule has 0 saturated carbocycles. The number of hydrogen-bond donors (Lipinski definition) is 2. The van der Waals surface area contributed by atoms with Gasteiger partial charge in [0, 0.05) is 13.1 Å². The Bertz CT molecular complexity index is 1260. The number of piperidine rings is 1. The minimum atomic E-state index is -0.504. The number of H-pyrrole nitrogens is 1. The van der Waals surface area contributed by atoms with Crippen LogP contribution in [0.1, 0.15) is 45.1 Å². The number of aromatic nitrogens is 3. The van der Waals surface area contributed by atoms with Crippen molar-refractivity contribution in [2.75, 3.05) is 25.5 Å². The number of anilines is 2. The van der Waals surface area contributed by atoms with Gasteiger partial charge in [0.25, 0.3) is 5.56 Å². The lowest BCUT2D eigenvalue weighted by atomic mass is 9.89. The van der Waals surface area contributed by atoms with Gasteiger partial charge in [-0.25, -0.2) is 14.9 Å². The second-order valence-corrected chi connectivity index (χ2v) is 9.67. The highest BCUT2D eigenvalue weighted by molar-refractivity contribution is 6.30. The molecule has 1 amide bonds. The van der Waals surface area contributed by atoms with E-state index in [9.17, 15) is 9.59 Å². The van der Waals surface area contributed by atoms with Crippen LogP contribution in [0.4, 0.5) is 16.2 Å². The van der Waals surface area contributed by atoms with Crippen molar-refractivity contribution in [2.45, 2.75) is 45.1 Å². The van der Waals surface area contributed by atoms with E-state index < -0.39 is 5.60 Å². The second kappa shape index (κ2) is 9.50. The van der Waals surface area contributed by atoms with Crippen LogP contribution in [-0.2, 0) is 4.74 Å². The molecule has 0 bridgehead atoms. The van der Waals surface area contributed by atoms with Gasteiger partial charge >= 0.3 is 6.09 Å². The third kappa shape index (κ3) is 5.25. The van der Waals surface area contributed by atoms with Crippen molar-refractivity contribution in [3.8, 4) is 5.75 Å². The zero-order valence-electron chi connectivity index (χ0n) is 19.6. The number of halogens is 1. The maximum atomic E-state index is 12.4. The summed E-state index contributed by atoms with van der Waals surface area (Å²) in [5, 5.41) is 10.1. The van der Waals surface area contributed by atoms with Gasteiger partial charge in [0.1, 0.15) is 16.5 Å². The van der Waals surface area contributed by atoms with E-state index in [2.05, 4.69) is 20.5 Å². The molecule has 0 aliphatic carbocycles. The molecule has 3 heterocycles. The predicted octanol–water partition coefficient (Wildman–Crippen LogP) is 4.84. The third-order valence-electron chi connectivity index (χ3n) is 5.71. The SMILES string of the molecule is COc1cc(C2CCN(C(=O)OC(C)(C)C)CC2)ccc1Nc1cc(Cl)nc2cn[nH]c(=O)c12. The first-order valence-electron chi connectivity index (χ1n) is 11.1. The van der Waals surface area contributed by atoms with E-state index in [0.717, 1.165) is 18.4 Å². The number of carbonyl (C=O) groups is 1. The Kier molecular flexibility index (Phi) is 6.65. The lowest BCUT2D eigenvalue weighted by Gasteiger charge is -2.33. The number of benzene rings is 1. The van der Waals surface area contributed by atoms with Crippen molar-refractivity contribution < 1.29 is 14.3 Å². The lowest BCUT2D eigenvalue weighted by molar-refractivity contribution is 0.0205. The number of rotatable bonds is 4. The minimum Gasteiger partial charge on any atom is -0.495 e. The van der Waals surface area contributed by atoms with Crippen molar-refractivity contribution >= 4 is 40.0 Å². The molecule has 1 aliphatic rings. The Labute approximate surface area is 202 Å². The Hall–Kier alpha value is -3.33. The van der Waals surface area contributed by atoms with Gasteiger partial charge in [0.2, 0.25) is 0 Å². The van der Waals surface area contributed by atoms with Crippen LogP contribution in [0, 0.1) is 0 Å². The number of likely N-dealkylation sites (tertiary alicyclic amines) is 1. The first kappa shape index (κ1) is 23.8. The Morgan fingerprint density at radius 2 is 1.94 bits per heavy atom. The van der Waals surface area contributed by atoms with Gasteiger partial charge in [-0.3, -0.25) is 4.79 Å². The maximum absolute atomic E-state index is 12.4. The molecular weight excluding hydrogens is 458 g/mol. The van der Waals surface area contributed by atoms with Crippen LogP contribution in [0.2, 0.25) is 5.15 Å². The van der Waals surface area contributed by atoms with E-state index >= 15 is 0 Å². The van der Waals surface area contributed by atoms with Crippen molar-refractivity contribution in [2.24, 2.45) is 0 Å². The molecule has 9 nitrogen and oxygen atoms in total. The van der Waals surface area contributed by atoms with E-state index in [4.69, 9.17) is 21.1 Å². The van der Waals surface area contributed by atoms with Gasteiger partial charge < -0.3 is 19.7 Å². The van der Waals surface area contributed by atoms with E-state index in [1.54, 1.807) is 18.1 Å². The number of pyridine rings is 1. The fourth-order valence-corrected chi connectivity index (χ4v) is 4.30. The van der Waals surface area contributed by atoms with Crippen LogP contribution in [0.15, 0.2) is 35.3 Å². The normalized spacial score (nSPS) is 14.8. The van der Waals surface area contributed by atoms with Crippen molar-refractivity contribution in [1.82, 2.24) is 20.1 Å². The number of hydrogen-bond acceptors (Lipinski definition) is 7. The van der Waals surface area contributed by atoms with Crippen LogP contribution in [-0.4, -0.2) is 52.0 Å². The van der Waals surface area contributed by atoms with Gasteiger partial charge in [-0.15, -0.1) is 0 Å². The fourth-order valence-electron chi connectivity index (χ4n) is 4.10. The third-order valence-corrected chi connectivity index (χ3v) is 5.90. The highest BCUT2D eigenvalue weighted by Gasteiger charge is 2.28. The Balaban J connectivity index is 1.52. The number of aromatic amines is 1. The number of carbonyl (C=O) groups excluding carboxylic acids is 1. The molecular formula is C24H28ClN5O4. The molecule has 1 aromatic carbocycles. The summed E-state index contributed by atoms with van der Waals surface area (Å²) in [7, 11) is 1.60. The van der Waals surface area contributed by atoms with Gasteiger partial charge in [-0.2, -0.15) is 5.10 Å². The smallest absolute Gasteiger partial charge is 0.410 e. The van der Waals surface area contributed by atoms with Crippen molar-refractivity contribution in [3.05, 3.63) is 51.5 Å². The monoisotopic (exact) mass is 485 g/mol. The molecule has 0 atom stereocenters. The summed E-state index contributed by atoms with van der Waals surface area (Å²) in [6, 6.07) is 7.55. The van der Waals surface area contributed by atoms with Gasteiger partial charge in [0.15, 0.2) is 0 Å². The summed E-state index contributed by atoms with van der Waals surface area (Å²) in [6.07, 6.45) is 2.86. The average Bonchev–Trinajstić information content (AvgIpc) is 2.78. The quantitative estimate of drug-likeness (QED) is 0.509. The zero-order chi connectivity index (χ0) is 24.5. The molecule has 0 unspecified atom stereocenters. The number of amides is 1. The number of nitrogens with one attached hydrogen (secondary N) is 2.